The molecule has 2 aromatic rings. The molecule has 134 valence electrons. The Labute approximate surface area is 150 Å². The second kappa shape index (κ2) is 11.3. The van der Waals surface area contributed by atoms with E-state index in [4.69, 9.17) is 9.84 Å². The molecule has 0 aromatic heterocycles. The van der Waals surface area contributed by atoms with E-state index in [1.165, 1.54) is 0 Å². The number of benzene rings is 2. The lowest BCUT2D eigenvalue weighted by Crippen LogP contribution is -2.32. The van der Waals surface area contributed by atoms with E-state index in [1.54, 1.807) is 4.90 Å². The maximum Gasteiger partial charge on any atom is 0.410 e. The van der Waals surface area contributed by atoms with Gasteiger partial charge in [0.25, 0.3) is 0 Å². The van der Waals surface area contributed by atoms with E-state index in [2.05, 4.69) is 0 Å². The summed E-state index contributed by atoms with van der Waals surface area (Å²) < 4.78 is 5.49. The van der Waals surface area contributed by atoms with Crippen LogP contribution in [0.5, 0.6) is 0 Å². The van der Waals surface area contributed by atoms with E-state index < -0.39 is 0 Å². The molecule has 0 spiro atoms. The third-order valence-electron chi connectivity index (χ3n) is 4.02. The Morgan fingerprint density at radius 2 is 1.44 bits per heavy atom. The first kappa shape index (κ1) is 19.0. The Morgan fingerprint density at radius 3 is 2.08 bits per heavy atom. The van der Waals surface area contributed by atoms with Crippen LogP contribution in [0.4, 0.5) is 4.79 Å². The highest BCUT2D eigenvalue weighted by Gasteiger charge is 2.15. The minimum atomic E-state index is -0.283. The summed E-state index contributed by atoms with van der Waals surface area (Å²) in [7, 11) is 0. The zero-order valence-electron chi connectivity index (χ0n) is 14.6. The molecule has 0 saturated heterocycles. The lowest BCUT2D eigenvalue weighted by Gasteiger charge is -2.22. The Bertz CT molecular complexity index is 601. The van der Waals surface area contributed by atoms with Gasteiger partial charge >= 0.3 is 6.09 Å². The highest BCUT2D eigenvalue weighted by atomic mass is 16.6. The van der Waals surface area contributed by atoms with Crippen molar-refractivity contribution in [3.63, 3.8) is 0 Å². The number of carbonyl (C=O) groups is 1. The third kappa shape index (κ3) is 7.40. The number of ether oxygens (including phenoxy) is 1. The molecule has 1 N–H and O–H groups in total. The zero-order valence-corrected chi connectivity index (χ0v) is 14.6. The second-order valence-electron chi connectivity index (χ2n) is 6.09. The fourth-order valence-electron chi connectivity index (χ4n) is 2.62. The SMILES string of the molecule is O=C(OCc1ccccc1)N(CCCCCCO)Cc1ccccc1. The Morgan fingerprint density at radius 1 is 0.840 bits per heavy atom. The van der Waals surface area contributed by atoms with E-state index in [0.29, 0.717) is 13.1 Å². The summed E-state index contributed by atoms with van der Waals surface area (Å²) in [4.78, 5) is 14.3. The predicted octanol–water partition coefficient (Wildman–Crippen LogP) is 4.38. The van der Waals surface area contributed by atoms with Gasteiger partial charge in [0.1, 0.15) is 6.61 Å². The molecule has 0 radical (unpaired) electrons. The van der Waals surface area contributed by atoms with Crippen LogP contribution < -0.4 is 0 Å². The molecule has 0 aliphatic rings. The van der Waals surface area contributed by atoms with Gasteiger partial charge in [-0.25, -0.2) is 4.79 Å². The van der Waals surface area contributed by atoms with Crippen molar-refractivity contribution in [1.82, 2.24) is 4.90 Å². The number of carbonyl (C=O) groups excluding carboxylic acids is 1. The van der Waals surface area contributed by atoms with Crippen LogP contribution in [0.25, 0.3) is 0 Å². The highest BCUT2D eigenvalue weighted by Crippen LogP contribution is 2.11. The molecule has 0 aliphatic carbocycles. The van der Waals surface area contributed by atoms with Gasteiger partial charge in [-0.05, 0) is 24.0 Å². The fourth-order valence-corrected chi connectivity index (χ4v) is 2.62. The highest BCUT2D eigenvalue weighted by molar-refractivity contribution is 5.67. The number of rotatable bonds is 10. The van der Waals surface area contributed by atoms with Gasteiger partial charge in [-0.2, -0.15) is 0 Å². The summed E-state index contributed by atoms with van der Waals surface area (Å²) in [5, 5.41) is 8.85. The molecule has 0 fully saturated rings. The molecule has 4 heteroatoms. The van der Waals surface area contributed by atoms with Gasteiger partial charge in [0.2, 0.25) is 0 Å². The Kier molecular flexibility index (Phi) is 8.56. The summed E-state index contributed by atoms with van der Waals surface area (Å²) in [5.74, 6) is 0. The lowest BCUT2D eigenvalue weighted by molar-refractivity contribution is 0.0928. The molecule has 1 amide bonds. The van der Waals surface area contributed by atoms with Crippen molar-refractivity contribution in [2.45, 2.75) is 38.8 Å². The summed E-state index contributed by atoms with van der Waals surface area (Å²) in [6.07, 6.45) is 3.42. The predicted molar refractivity (Wildman–Crippen MR) is 99.0 cm³/mol. The van der Waals surface area contributed by atoms with E-state index >= 15 is 0 Å². The molecule has 4 nitrogen and oxygen atoms in total. The number of hydrogen-bond acceptors (Lipinski definition) is 3. The first-order valence-electron chi connectivity index (χ1n) is 8.90. The van der Waals surface area contributed by atoms with Crippen LogP contribution in [0.1, 0.15) is 36.8 Å². The fraction of sp³-hybridized carbons (Fsp3) is 0.381. The molecular weight excluding hydrogens is 314 g/mol. The van der Waals surface area contributed by atoms with Crippen molar-refractivity contribution in [1.29, 1.82) is 0 Å². The van der Waals surface area contributed by atoms with Gasteiger partial charge in [-0.15, -0.1) is 0 Å². The van der Waals surface area contributed by atoms with Crippen molar-refractivity contribution in [3.05, 3.63) is 71.8 Å². The Balaban J connectivity index is 1.88. The van der Waals surface area contributed by atoms with Crippen molar-refractivity contribution in [2.75, 3.05) is 13.2 Å². The molecule has 0 atom stereocenters. The van der Waals surface area contributed by atoms with Crippen molar-refractivity contribution >= 4 is 6.09 Å². The second-order valence-corrected chi connectivity index (χ2v) is 6.09. The monoisotopic (exact) mass is 341 g/mol. The maximum atomic E-state index is 12.5. The largest absolute Gasteiger partial charge is 0.445 e. The number of hydrogen-bond donors (Lipinski definition) is 1. The van der Waals surface area contributed by atoms with Crippen LogP contribution in [0, 0.1) is 0 Å². The van der Waals surface area contributed by atoms with Gasteiger partial charge in [0, 0.05) is 19.7 Å². The van der Waals surface area contributed by atoms with Crippen molar-refractivity contribution < 1.29 is 14.6 Å². The molecule has 2 aromatic carbocycles. The Hall–Kier alpha value is -2.33. The van der Waals surface area contributed by atoms with Crippen LogP contribution in [0.15, 0.2) is 60.7 Å². The van der Waals surface area contributed by atoms with E-state index in [-0.39, 0.29) is 19.3 Å². The lowest BCUT2D eigenvalue weighted by atomic mass is 10.1. The molecule has 2 rings (SSSR count). The molecule has 0 aliphatic heterocycles. The quantitative estimate of drug-likeness (QED) is 0.653. The van der Waals surface area contributed by atoms with Crippen LogP contribution in [0.3, 0.4) is 0 Å². The van der Waals surface area contributed by atoms with Gasteiger partial charge in [-0.3, -0.25) is 0 Å². The maximum absolute atomic E-state index is 12.5. The van der Waals surface area contributed by atoms with Crippen LogP contribution in [0.2, 0.25) is 0 Å². The molecule has 25 heavy (non-hydrogen) atoms. The smallest absolute Gasteiger partial charge is 0.410 e. The molecule has 0 saturated carbocycles. The van der Waals surface area contributed by atoms with Gasteiger partial charge in [0.15, 0.2) is 0 Å². The van der Waals surface area contributed by atoms with Gasteiger partial charge in [-0.1, -0.05) is 73.5 Å². The number of aliphatic hydroxyl groups excluding tert-OH is 1. The van der Waals surface area contributed by atoms with Gasteiger partial charge in [0.05, 0.1) is 0 Å². The number of unbranched alkanes of at least 4 members (excludes halogenated alkanes) is 3. The summed E-state index contributed by atoms with van der Waals surface area (Å²) in [6, 6.07) is 19.7. The molecule has 0 heterocycles. The summed E-state index contributed by atoms with van der Waals surface area (Å²) in [5.41, 5.74) is 2.08. The average molecular weight is 341 g/mol. The molecule has 0 bridgehead atoms. The van der Waals surface area contributed by atoms with E-state index in [0.717, 1.165) is 36.8 Å². The standard InChI is InChI=1S/C21H27NO3/c23-16-10-2-1-9-15-22(17-19-11-5-3-6-12-19)21(24)25-18-20-13-7-4-8-14-20/h3-8,11-14,23H,1-2,9-10,15-18H2. The van der Waals surface area contributed by atoms with E-state index in [9.17, 15) is 4.79 Å². The summed E-state index contributed by atoms with van der Waals surface area (Å²) in [6.45, 7) is 1.73. The summed E-state index contributed by atoms with van der Waals surface area (Å²) >= 11 is 0. The first-order chi connectivity index (χ1) is 12.3. The van der Waals surface area contributed by atoms with Crippen molar-refractivity contribution in [2.24, 2.45) is 0 Å². The van der Waals surface area contributed by atoms with Gasteiger partial charge < -0.3 is 14.7 Å². The average Bonchev–Trinajstić information content (AvgIpc) is 2.66. The van der Waals surface area contributed by atoms with Crippen molar-refractivity contribution in [3.8, 4) is 0 Å². The third-order valence-corrected chi connectivity index (χ3v) is 4.02. The topological polar surface area (TPSA) is 49.8 Å². The minimum absolute atomic E-state index is 0.229. The van der Waals surface area contributed by atoms with Crippen LogP contribution in [-0.2, 0) is 17.9 Å². The van der Waals surface area contributed by atoms with E-state index in [1.807, 2.05) is 60.7 Å². The number of amides is 1. The molecular formula is C21H27NO3. The minimum Gasteiger partial charge on any atom is -0.445 e. The van der Waals surface area contributed by atoms with Crippen LogP contribution >= 0.6 is 0 Å². The normalized spacial score (nSPS) is 10.4. The molecule has 0 unspecified atom stereocenters. The number of aliphatic hydroxyl groups is 1. The van der Waals surface area contributed by atoms with Crippen LogP contribution in [-0.4, -0.2) is 29.3 Å². The number of nitrogens with zero attached hydrogens (tertiary/aromatic N) is 1. The zero-order chi connectivity index (χ0) is 17.7. The first-order valence-corrected chi connectivity index (χ1v) is 8.90.